The Bertz CT molecular complexity index is 275. The van der Waals surface area contributed by atoms with Gasteiger partial charge in [0.15, 0.2) is 0 Å². The number of methoxy groups -OCH3 is 1. The normalized spacial score (nSPS) is 13.4. The predicted octanol–water partition coefficient (Wildman–Crippen LogP) is 2.50. The highest BCUT2D eigenvalue weighted by molar-refractivity contribution is 5.67. The molecule has 1 N–H and O–H groups in total. The lowest BCUT2D eigenvalue weighted by molar-refractivity contribution is 0.0296. The van der Waals surface area contributed by atoms with Crippen molar-refractivity contribution in [2.24, 2.45) is 5.92 Å². The minimum absolute atomic E-state index is 0.269. The van der Waals surface area contributed by atoms with E-state index in [2.05, 4.69) is 19.2 Å². The van der Waals surface area contributed by atoms with E-state index in [9.17, 15) is 4.79 Å². The predicted molar refractivity (Wildman–Crippen MR) is 82.0 cm³/mol. The van der Waals surface area contributed by atoms with Crippen LogP contribution >= 0.6 is 0 Å². The van der Waals surface area contributed by atoms with Gasteiger partial charge in [-0.25, -0.2) is 4.79 Å². The molecule has 0 rings (SSSR count). The number of nitrogens with zero attached hydrogens (tertiary/aromatic N) is 1. The van der Waals surface area contributed by atoms with Crippen LogP contribution in [0.2, 0.25) is 0 Å². The van der Waals surface area contributed by atoms with E-state index in [4.69, 9.17) is 9.47 Å². The molecular weight excluding hydrogens is 256 g/mol. The molecule has 5 heteroatoms. The van der Waals surface area contributed by atoms with Crippen molar-refractivity contribution in [2.45, 2.75) is 52.7 Å². The van der Waals surface area contributed by atoms with Gasteiger partial charge in [-0.1, -0.05) is 13.8 Å². The monoisotopic (exact) mass is 288 g/mol. The third-order valence-corrected chi connectivity index (χ3v) is 2.93. The van der Waals surface area contributed by atoms with E-state index in [1.54, 1.807) is 19.1 Å². The third kappa shape index (κ3) is 9.15. The van der Waals surface area contributed by atoms with Crippen molar-refractivity contribution in [2.75, 3.05) is 33.9 Å². The zero-order valence-electron chi connectivity index (χ0n) is 14.2. The number of carbonyl (C=O) groups excluding carboxylic acids is 1. The molecule has 0 saturated carbocycles. The van der Waals surface area contributed by atoms with Crippen molar-refractivity contribution in [1.82, 2.24) is 10.2 Å². The Morgan fingerprint density at radius 1 is 1.30 bits per heavy atom. The molecule has 0 aromatic rings. The maximum absolute atomic E-state index is 11.8. The van der Waals surface area contributed by atoms with Crippen LogP contribution in [0, 0.1) is 5.92 Å². The van der Waals surface area contributed by atoms with Crippen LogP contribution in [0.3, 0.4) is 0 Å². The first kappa shape index (κ1) is 19.2. The van der Waals surface area contributed by atoms with Gasteiger partial charge in [-0.2, -0.15) is 0 Å². The summed E-state index contributed by atoms with van der Waals surface area (Å²) in [4.78, 5) is 13.4. The average Bonchev–Trinajstić information content (AvgIpc) is 2.30. The van der Waals surface area contributed by atoms with Gasteiger partial charge in [-0.05, 0) is 39.7 Å². The second kappa shape index (κ2) is 9.19. The second-order valence-electron chi connectivity index (χ2n) is 6.52. The number of hydrogen-bond acceptors (Lipinski definition) is 4. The molecule has 0 aliphatic heterocycles. The highest BCUT2D eigenvalue weighted by atomic mass is 16.6. The van der Waals surface area contributed by atoms with Crippen LogP contribution in [0.5, 0.6) is 0 Å². The van der Waals surface area contributed by atoms with Gasteiger partial charge >= 0.3 is 6.09 Å². The molecule has 0 heterocycles. The molecule has 0 saturated heterocycles. The van der Waals surface area contributed by atoms with E-state index in [-0.39, 0.29) is 6.09 Å². The van der Waals surface area contributed by atoms with Crippen molar-refractivity contribution in [3.63, 3.8) is 0 Å². The number of amides is 1. The van der Waals surface area contributed by atoms with E-state index >= 15 is 0 Å². The van der Waals surface area contributed by atoms with Crippen molar-refractivity contribution in [3.05, 3.63) is 0 Å². The Morgan fingerprint density at radius 3 is 2.35 bits per heavy atom. The summed E-state index contributed by atoms with van der Waals surface area (Å²) in [5.41, 5.74) is -0.440. The van der Waals surface area contributed by atoms with Gasteiger partial charge in [-0.15, -0.1) is 0 Å². The second-order valence-corrected chi connectivity index (χ2v) is 6.52. The average molecular weight is 288 g/mol. The fourth-order valence-electron chi connectivity index (χ4n) is 1.70. The Kier molecular flexibility index (Phi) is 8.81. The maximum atomic E-state index is 11.8. The lowest BCUT2D eigenvalue weighted by Crippen LogP contribution is -2.40. The maximum Gasteiger partial charge on any atom is 0.410 e. The molecule has 0 aliphatic carbocycles. The molecule has 0 aliphatic rings. The third-order valence-electron chi connectivity index (χ3n) is 2.93. The zero-order valence-corrected chi connectivity index (χ0v) is 14.2. The molecule has 0 aromatic carbocycles. The van der Waals surface area contributed by atoms with E-state index in [0.29, 0.717) is 25.1 Å². The Labute approximate surface area is 124 Å². The zero-order chi connectivity index (χ0) is 15.8. The first-order valence-corrected chi connectivity index (χ1v) is 7.33. The summed E-state index contributed by atoms with van der Waals surface area (Å²) < 4.78 is 10.5. The van der Waals surface area contributed by atoms with Gasteiger partial charge in [0.1, 0.15) is 5.60 Å². The van der Waals surface area contributed by atoms with E-state index in [0.717, 1.165) is 13.0 Å². The topological polar surface area (TPSA) is 50.8 Å². The Hall–Kier alpha value is -0.810. The lowest BCUT2D eigenvalue weighted by Gasteiger charge is -2.25. The minimum atomic E-state index is -0.440. The largest absolute Gasteiger partial charge is 0.444 e. The molecule has 1 unspecified atom stereocenters. The molecule has 1 amide bonds. The van der Waals surface area contributed by atoms with Crippen molar-refractivity contribution < 1.29 is 14.3 Å². The summed E-state index contributed by atoms with van der Waals surface area (Å²) in [5.74, 6) is 0.526. The van der Waals surface area contributed by atoms with Crippen LogP contribution in [-0.2, 0) is 9.47 Å². The molecule has 20 heavy (non-hydrogen) atoms. The first-order chi connectivity index (χ1) is 9.17. The molecule has 0 spiro atoms. The highest BCUT2D eigenvalue weighted by Gasteiger charge is 2.19. The van der Waals surface area contributed by atoms with Crippen LogP contribution in [0.15, 0.2) is 0 Å². The standard InChI is InChI=1S/C15H32N2O3/c1-12(2)13(11-19-7)16-9-8-10-17(6)14(18)20-15(3,4)5/h12-13,16H,8-11H2,1-7H3. The summed E-state index contributed by atoms with van der Waals surface area (Å²) >= 11 is 0. The molecule has 0 aromatic heterocycles. The van der Waals surface area contributed by atoms with Gasteiger partial charge in [-0.3, -0.25) is 0 Å². The lowest BCUT2D eigenvalue weighted by atomic mass is 10.1. The number of carbonyl (C=O) groups is 1. The van der Waals surface area contributed by atoms with Crippen LogP contribution in [0.4, 0.5) is 4.79 Å². The van der Waals surface area contributed by atoms with Crippen LogP contribution in [0.25, 0.3) is 0 Å². The van der Waals surface area contributed by atoms with Gasteiger partial charge in [0.25, 0.3) is 0 Å². The van der Waals surface area contributed by atoms with E-state index in [1.807, 2.05) is 20.8 Å². The Morgan fingerprint density at radius 2 is 1.90 bits per heavy atom. The summed E-state index contributed by atoms with van der Waals surface area (Å²) in [6, 6.07) is 0.354. The minimum Gasteiger partial charge on any atom is -0.444 e. The van der Waals surface area contributed by atoms with Gasteiger partial charge < -0.3 is 19.7 Å². The van der Waals surface area contributed by atoms with Crippen LogP contribution < -0.4 is 5.32 Å². The molecule has 1 atom stereocenters. The highest BCUT2D eigenvalue weighted by Crippen LogP contribution is 2.09. The number of ether oxygens (including phenoxy) is 2. The van der Waals surface area contributed by atoms with Crippen molar-refractivity contribution in [1.29, 1.82) is 0 Å². The smallest absolute Gasteiger partial charge is 0.410 e. The number of hydrogen-bond donors (Lipinski definition) is 1. The summed E-state index contributed by atoms with van der Waals surface area (Å²) in [5, 5.41) is 3.46. The fraction of sp³-hybridized carbons (Fsp3) is 0.933. The molecule has 120 valence electrons. The van der Waals surface area contributed by atoms with Crippen molar-refractivity contribution in [3.8, 4) is 0 Å². The SMILES string of the molecule is COCC(NCCCN(C)C(=O)OC(C)(C)C)C(C)C. The van der Waals surface area contributed by atoms with E-state index < -0.39 is 5.60 Å². The first-order valence-electron chi connectivity index (χ1n) is 7.33. The number of rotatable bonds is 8. The summed E-state index contributed by atoms with van der Waals surface area (Å²) in [7, 11) is 3.48. The van der Waals surface area contributed by atoms with Gasteiger partial charge in [0.05, 0.1) is 6.61 Å². The molecule has 5 nitrogen and oxygen atoms in total. The molecule has 0 radical (unpaired) electrons. The summed E-state index contributed by atoms with van der Waals surface area (Å²) in [6.07, 6.45) is 0.623. The van der Waals surface area contributed by atoms with Crippen molar-refractivity contribution >= 4 is 6.09 Å². The fourth-order valence-corrected chi connectivity index (χ4v) is 1.70. The van der Waals surface area contributed by atoms with Gasteiger partial charge in [0.2, 0.25) is 0 Å². The summed E-state index contributed by atoms with van der Waals surface area (Å²) in [6.45, 7) is 12.2. The molecular formula is C15H32N2O3. The molecule has 0 fully saturated rings. The van der Waals surface area contributed by atoms with Crippen LogP contribution in [-0.4, -0.2) is 56.5 Å². The van der Waals surface area contributed by atoms with E-state index in [1.165, 1.54) is 0 Å². The Balaban J connectivity index is 3.91. The number of nitrogens with one attached hydrogen (secondary N) is 1. The molecule has 0 bridgehead atoms. The van der Waals surface area contributed by atoms with Crippen LogP contribution in [0.1, 0.15) is 41.0 Å². The quantitative estimate of drug-likeness (QED) is 0.697. The van der Waals surface area contributed by atoms with Gasteiger partial charge in [0, 0.05) is 26.7 Å².